The van der Waals surface area contributed by atoms with Crippen molar-refractivity contribution in [1.82, 2.24) is 4.90 Å². The molecular formula is C13H18N2O4. The number of rotatable bonds is 7. The summed E-state index contributed by atoms with van der Waals surface area (Å²) in [7, 11) is 0. The van der Waals surface area contributed by atoms with Crippen LogP contribution < -0.4 is 0 Å². The first-order valence-corrected chi connectivity index (χ1v) is 6.12. The number of nitrogens with zero attached hydrogens (tertiary/aromatic N) is 2. The second-order valence-corrected chi connectivity index (χ2v) is 4.33. The van der Waals surface area contributed by atoms with E-state index in [0.717, 1.165) is 5.56 Å². The molecule has 1 N–H and O–H groups in total. The molecule has 6 heteroatoms. The highest BCUT2D eigenvalue weighted by molar-refractivity contribution is 5.66. The van der Waals surface area contributed by atoms with Crippen molar-refractivity contribution in [3.8, 4) is 0 Å². The van der Waals surface area contributed by atoms with Gasteiger partial charge in [0.15, 0.2) is 0 Å². The van der Waals surface area contributed by atoms with E-state index in [9.17, 15) is 14.9 Å². The molecule has 0 bridgehead atoms. The molecule has 0 aliphatic carbocycles. The molecule has 1 aromatic rings. The lowest BCUT2D eigenvalue weighted by Crippen LogP contribution is -2.26. The Kier molecular flexibility index (Phi) is 5.44. The molecule has 19 heavy (non-hydrogen) atoms. The van der Waals surface area contributed by atoms with E-state index in [1.807, 2.05) is 17.9 Å². The number of nitro groups is 1. The molecule has 1 aromatic carbocycles. The molecule has 0 atom stereocenters. The summed E-state index contributed by atoms with van der Waals surface area (Å²) < 4.78 is 0. The van der Waals surface area contributed by atoms with Crippen LogP contribution in [0.1, 0.15) is 24.5 Å². The molecule has 0 radical (unpaired) electrons. The molecule has 0 aliphatic rings. The lowest BCUT2D eigenvalue weighted by atomic mass is 10.1. The fourth-order valence-electron chi connectivity index (χ4n) is 1.88. The van der Waals surface area contributed by atoms with E-state index in [-0.39, 0.29) is 12.1 Å². The van der Waals surface area contributed by atoms with E-state index < -0.39 is 10.9 Å². The maximum atomic E-state index is 10.9. The van der Waals surface area contributed by atoms with E-state index in [1.54, 1.807) is 13.0 Å². The molecule has 0 unspecified atom stereocenters. The van der Waals surface area contributed by atoms with Gasteiger partial charge in [-0.1, -0.05) is 19.1 Å². The van der Waals surface area contributed by atoms with Crippen molar-refractivity contribution >= 4 is 11.7 Å². The minimum absolute atomic E-state index is 0.0712. The second-order valence-electron chi connectivity index (χ2n) is 4.33. The average Bonchev–Trinajstić information content (AvgIpc) is 2.35. The Morgan fingerprint density at radius 1 is 1.47 bits per heavy atom. The molecule has 0 fully saturated rings. The maximum Gasteiger partial charge on any atom is 0.304 e. The van der Waals surface area contributed by atoms with Crippen LogP contribution in [0.4, 0.5) is 5.69 Å². The summed E-state index contributed by atoms with van der Waals surface area (Å²) in [5, 5.41) is 19.5. The van der Waals surface area contributed by atoms with E-state index in [0.29, 0.717) is 25.2 Å². The molecule has 0 aliphatic heterocycles. The topological polar surface area (TPSA) is 83.7 Å². The van der Waals surface area contributed by atoms with Gasteiger partial charge < -0.3 is 5.11 Å². The highest BCUT2D eigenvalue weighted by Gasteiger charge is 2.15. The van der Waals surface area contributed by atoms with Gasteiger partial charge in [-0.05, 0) is 19.0 Å². The number of hydrogen-bond donors (Lipinski definition) is 1. The van der Waals surface area contributed by atoms with Gasteiger partial charge in [-0.2, -0.15) is 0 Å². The summed E-state index contributed by atoms with van der Waals surface area (Å²) >= 11 is 0. The van der Waals surface area contributed by atoms with Crippen LogP contribution in [-0.4, -0.2) is 34.0 Å². The summed E-state index contributed by atoms with van der Waals surface area (Å²) in [6.07, 6.45) is 0.0712. The Hall–Kier alpha value is -1.95. The van der Waals surface area contributed by atoms with Crippen LogP contribution in [0.15, 0.2) is 18.2 Å². The Labute approximate surface area is 111 Å². The molecule has 104 valence electrons. The maximum absolute atomic E-state index is 10.9. The Morgan fingerprint density at radius 2 is 2.16 bits per heavy atom. The van der Waals surface area contributed by atoms with E-state index in [2.05, 4.69) is 0 Å². The first-order chi connectivity index (χ1) is 8.95. The van der Waals surface area contributed by atoms with Crippen molar-refractivity contribution < 1.29 is 14.8 Å². The van der Waals surface area contributed by atoms with Gasteiger partial charge in [0, 0.05) is 24.7 Å². The molecule has 0 heterocycles. The highest BCUT2D eigenvalue weighted by atomic mass is 16.6. The summed E-state index contributed by atoms with van der Waals surface area (Å²) in [5.41, 5.74) is 1.61. The third-order valence-corrected chi connectivity index (χ3v) is 3.10. The average molecular weight is 266 g/mol. The molecule has 0 aromatic heterocycles. The number of hydrogen-bond acceptors (Lipinski definition) is 4. The Bertz CT molecular complexity index is 474. The minimum atomic E-state index is -0.839. The first-order valence-electron chi connectivity index (χ1n) is 6.12. The lowest BCUT2D eigenvalue weighted by molar-refractivity contribution is -0.385. The van der Waals surface area contributed by atoms with Gasteiger partial charge in [0.05, 0.1) is 11.3 Å². The van der Waals surface area contributed by atoms with Crippen LogP contribution in [0, 0.1) is 17.0 Å². The van der Waals surface area contributed by atoms with Gasteiger partial charge in [0.25, 0.3) is 5.69 Å². The number of carboxylic acid groups (broad SMARTS) is 1. The fourth-order valence-corrected chi connectivity index (χ4v) is 1.88. The minimum Gasteiger partial charge on any atom is -0.481 e. The zero-order valence-electron chi connectivity index (χ0n) is 11.1. The van der Waals surface area contributed by atoms with Crippen LogP contribution in [0.2, 0.25) is 0 Å². The fraction of sp³-hybridized carbons (Fsp3) is 0.462. The van der Waals surface area contributed by atoms with E-state index in [1.165, 1.54) is 6.07 Å². The molecule has 1 rings (SSSR count). The van der Waals surface area contributed by atoms with Gasteiger partial charge in [-0.15, -0.1) is 0 Å². The quantitative estimate of drug-likeness (QED) is 0.604. The van der Waals surface area contributed by atoms with Gasteiger partial charge in [-0.3, -0.25) is 19.8 Å². The van der Waals surface area contributed by atoms with Crippen molar-refractivity contribution in [2.75, 3.05) is 13.1 Å². The lowest BCUT2D eigenvalue weighted by Gasteiger charge is -2.20. The smallest absolute Gasteiger partial charge is 0.304 e. The number of benzene rings is 1. The number of carboxylic acids is 1. The summed E-state index contributed by atoms with van der Waals surface area (Å²) in [6, 6.07) is 4.98. The van der Waals surface area contributed by atoms with Crippen LogP contribution in [0.5, 0.6) is 0 Å². The van der Waals surface area contributed by atoms with E-state index >= 15 is 0 Å². The molecule has 6 nitrogen and oxygen atoms in total. The van der Waals surface area contributed by atoms with Gasteiger partial charge >= 0.3 is 5.97 Å². The van der Waals surface area contributed by atoms with Crippen LogP contribution in [0.3, 0.4) is 0 Å². The van der Waals surface area contributed by atoms with Gasteiger partial charge in [-0.25, -0.2) is 0 Å². The second kappa shape index (κ2) is 6.84. The number of aliphatic carboxylic acids is 1. The zero-order valence-corrected chi connectivity index (χ0v) is 11.1. The van der Waals surface area contributed by atoms with Gasteiger partial charge in [0.2, 0.25) is 0 Å². The summed E-state index contributed by atoms with van der Waals surface area (Å²) in [6.45, 7) is 5.33. The van der Waals surface area contributed by atoms with E-state index in [4.69, 9.17) is 5.11 Å². The third-order valence-electron chi connectivity index (χ3n) is 3.10. The van der Waals surface area contributed by atoms with Crippen molar-refractivity contribution in [2.45, 2.75) is 26.8 Å². The molecular weight excluding hydrogens is 248 g/mol. The highest BCUT2D eigenvalue weighted by Crippen LogP contribution is 2.22. The first kappa shape index (κ1) is 15.1. The SMILES string of the molecule is CCN(CCC(=O)O)Cc1cccc([N+](=O)[O-])c1C. The van der Waals surface area contributed by atoms with Crippen molar-refractivity contribution in [2.24, 2.45) is 0 Å². The van der Waals surface area contributed by atoms with Crippen LogP contribution in [-0.2, 0) is 11.3 Å². The Balaban J connectivity index is 2.82. The van der Waals surface area contributed by atoms with Crippen molar-refractivity contribution in [3.63, 3.8) is 0 Å². The third kappa shape index (κ3) is 4.33. The van der Waals surface area contributed by atoms with Crippen LogP contribution >= 0.6 is 0 Å². The molecule has 0 saturated carbocycles. The normalized spacial score (nSPS) is 10.7. The van der Waals surface area contributed by atoms with Gasteiger partial charge in [0.1, 0.15) is 0 Å². The molecule has 0 saturated heterocycles. The zero-order chi connectivity index (χ0) is 14.4. The number of nitro benzene ring substituents is 1. The Morgan fingerprint density at radius 3 is 2.68 bits per heavy atom. The molecule has 0 amide bonds. The number of carbonyl (C=O) groups is 1. The van der Waals surface area contributed by atoms with Crippen LogP contribution in [0.25, 0.3) is 0 Å². The largest absolute Gasteiger partial charge is 0.481 e. The summed E-state index contributed by atoms with van der Waals surface area (Å²) in [4.78, 5) is 23.0. The van der Waals surface area contributed by atoms with Crippen molar-refractivity contribution in [1.29, 1.82) is 0 Å². The standard InChI is InChI=1S/C13H18N2O4/c1-3-14(8-7-13(16)17)9-11-5-4-6-12(10(11)2)15(18)19/h4-6H,3,7-9H2,1-2H3,(H,16,17). The summed E-state index contributed by atoms with van der Waals surface area (Å²) in [5.74, 6) is -0.839. The predicted molar refractivity (Wildman–Crippen MR) is 71.0 cm³/mol. The van der Waals surface area contributed by atoms with Crippen molar-refractivity contribution in [3.05, 3.63) is 39.4 Å². The molecule has 0 spiro atoms. The monoisotopic (exact) mass is 266 g/mol. The predicted octanol–water partition coefficient (Wildman–Crippen LogP) is 2.20.